The molecule has 0 aromatic carbocycles. The van der Waals surface area contributed by atoms with Gasteiger partial charge >= 0.3 is 0 Å². The van der Waals surface area contributed by atoms with Crippen LogP contribution in [0.25, 0.3) is 0 Å². The first-order valence-electron chi connectivity index (χ1n) is 5.09. The van der Waals surface area contributed by atoms with Crippen molar-refractivity contribution >= 4 is 0 Å². The van der Waals surface area contributed by atoms with Crippen LogP contribution in [0.3, 0.4) is 0 Å². The summed E-state index contributed by atoms with van der Waals surface area (Å²) in [4.78, 5) is 0. The van der Waals surface area contributed by atoms with E-state index in [0.29, 0.717) is 0 Å². The van der Waals surface area contributed by atoms with Crippen LogP contribution in [0.2, 0.25) is 0 Å². The van der Waals surface area contributed by atoms with Crippen molar-refractivity contribution in [1.82, 2.24) is 0 Å². The van der Waals surface area contributed by atoms with E-state index in [9.17, 15) is 0 Å². The molecule has 0 aliphatic carbocycles. The van der Waals surface area contributed by atoms with Crippen LogP contribution in [0.15, 0.2) is 36.0 Å². The lowest BCUT2D eigenvalue weighted by Crippen LogP contribution is -1.79. The predicted octanol–water partition coefficient (Wildman–Crippen LogP) is 4.65. The molecule has 0 amide bonds. The minimum absolute atomic E-state index is 1.10. The summed E-state index contributed by atoms with van der Waals surface area (Å²) in [6.07, 6.45) is 11.2. The van der Waals surface area contributed by atoms with Gasteiger partial charge in [-0.25, -0.2) is 0 Å². The van der Waals surface area contributed by atoms with E-state index in [0.717, 1.165) is 6.42 Å². The maximum absolute atomic E-state index is 3.72. The molecule has 0 heteroatoms. The van der Waals surface area contributed by atoms with Gasteiger partial charge in [-0.05, 0) is 46.5 Å². The molecule has 0 saturated heterocycles. The third kappa shape index (κ3) is 7.58. The summed E-state index contributed by atoms with van der Waals surface area (Å²) in [6, 6.07) is 0. The Morgan fingerprint density at radius 3 is 2.23 bits per heavy atom. The summed E-state index contributed by atoms with van der Waals surface area (Å²) < 4.78 is 0. The average molecular weight is 178 g/mol. The first-order valence-corrected chi connectivity index (χ1v) is 5.09. The summed E-state index contributed by atoms with van der Waals surface area (Å²) in [5, 5.41) is 0. The van der Waals surface area contributed by atoms with Crippen molar-refractivity contribution in [3.05, 3.63) is 36.0 Å². The monoisotopic (exact) mass is 178 g/mol. The Hall–Kier alpha value is -0.780. The molecule has 0 aromatic heterocycles. The van der Waals surface area contributed by atoms with Crippen LogP contribution < -0.4 is 0 Å². The molecule has 0 aliphatic rings. The average Bonchev–Trinajstić information content (AvgIpc) is 2.14. The summed E-state index contributed by atoms with van der Waals surface area (Å²) in [6.45, 7) is 10.2. The van der Waals surface area contributed by atoms with E-state index < -0.39 is 0 Å². The highest BCUT2D eigenvalue weighted by atomic mass is 14.0. The zero-order valence-corrected chi connectivity index (χ0v) is 9.27. The van der Waals surface area contributed by atoms with Crippen molar-refractivity contribution in [1.29, 1.82) is 0 Å². The molecule has 0 nitrogen and oxygen atoms in total. The Kier molecular flexibility index (Phi) is 7.38. The van der Waals surface area contributed by atoms with Crippen molar-refractivity contribution in [3.63, 3.8) is 0 Å². The van der Waals surface area contributed by atoms with E-state index in [-0.39, 0.29) is 0 Å². The van der Waals surface area contributed by atoms with Crippen molar-refractivity contribution < 1.29 is 0 Å². The summed E-state index contributed by atoms with van der Waals surface area (Å²) >= 11 is 0. The van der Waals surface area contributed by atoms with E-state index >= 15 is 0 Å². The van der Waals surface area contributed by atoms with Crippen LogP contribution in [-0.2, 0) is 0 Å². The Labute approximate surface area is 83.0 Å². The molecule has 0 spiro atoms. The standard InChI is InChI=1S/C13H22/c1-5-7-9-13(4)11-8-10-12(3)6-2/h5-6,11H,1,7-10H2,2-4H3/b12-6-,13-11?. The molecule has 0 rings (SSSR count). The molecule has 13 heavy (non-hydrogen) atoms. The van der Waals surface area contributed by atoms with Crippen LogP contribution in [0.5, 0.6) is 0 Å². The molecule has 0 unspecified atom stereocenters. The van der Waals surface area contributed by atoms with Gasteiger partial charge in [0.05, 0.1) is 0 Å². The lowest BCUT2D eigenvalue weighted by molar-refractivity contribution is 0.922. The van der Waals surface area contributed by atoms with E-state index in [2.05, 4.69) is 39.5 Å². The van der Waals surface area contributed by atoms with E-state index in [1.165, 1.54) is 30.4 Å². The molecule has 0 heterocycles. The van der Waals surface area contributed by atoms with Crippen LogP contribution in [0.4, 0.5) is 0 Å². The van der Waals surface area contributed by atoms with Crippen LogP contribution in [0.1, 0.15) is 46.5 Å². The topological polar surface area (TPSA) is 0 Å². The number of hydrogen-bond donors (Lipinski definition) is 0. The largest absolute Gasteiger partial charge is 0.103 e. The molecular formula is C13H22. The van der Waals surface area contributed by atoms with Crippen LogP contribution >= 0.6 is 0 Å². The van der Waals surface area contributed by atoms with Gasteiger partial charge in [-0.1, -0.05) is 29.4 Å². The summed E-state index contributed by atoms with van der Waals surface area (Å²) in [5.74, 6) is 0. The first kappa shape index (κ1) is 12.2. The molecule has 0 aromatic rings. The van der Waals surface area contributed by atoms with Crippen LogP contribution in [0, 0.1) is 0 Å². The number of rotatable bonds is 6. The zero-order valence-electron chi connectivity index (χ0n) is 9.27. The molecule has 0 radical (unpaired) electrons. The van der Waals surface area contributed by atoms with Gasteiger partial charge < -0.3 is 0 Å². The fraction of sp³-hybridized carbons (Fsp3) is 0.538. The maximum atomic E-state index is 3.72. The lowest BCUT2D eigenvalue weighted by Gasteiger charge is -1.99. The second-order valence-corrected chi connectivity index (χ2v) is 3.55. The quantitative estimate of drug-likeness (QED) is 0.519. The normalized spacial score (nSPS) is 13.2. The molecule has 0 saturated carbocycles. The molecule has 0 aliphatic heterocycles. The highest BCUT2D eigenvalue weighted by Gasteiger charge is 1.89. The Morgan fingerprint density at radius 1 is 1.08 bits per heavy atom. The number of allylic oxidation sites excluding steroid dienone is 5. The maximum Gasteiger partial charge on any atom is -0.0288 e. The smallest absolute Gasteiger partial charge is 0.0288 e. The highest BCUT2D eigenvalue weighted by molar-refractivity contribution is 5.03. The zero-order chi connectivity index (χ0) is 10.1. The third-order valence-corrected chi connectivity index (χ3v) is 2.27. The predicted molar refractivity (Wildman–Crippen MR) is 61.9 cm³/mol. The van der Waals surface area contributed by atoms with Crippen LogP contribution in [-0.4, -0.2) is 0 Å². The van der Waals surface area contributed by atoms with Gasteiger partial charge in [-0.2, -0.15) is 0 Å². The fourth-order valence-electron chi connectivity index (χ4n) is 1.12. The second kappa shape index (κ2) is 7.85. The van der Waals surface area contributed by atoms with Gasteiger partial charge in [-0.3, -0.25) is 0 Å². The first-order chi connectivity index (χ1) is 6.20. The van der Waals surface area contributed by atoms with Gasteiger partial charge in [0.2, 0.25) is 0 Å². The molecule has 0 bridgehead atoms. The summed E-state index contributed by atoms with van der Waals surface area (Å²) in [5.41, 5.74) is 2.97. The van der Waals surface area contributed by atoms with Gasteiger partial charge in [-0.15, -0.1) is 6.58 Å². The van der Waals surface area contributed by atoms with Crippen molar-refractivity contribution in [3.8, 4) is 0 Å². The van der Waals surface area contributed by atoms with Gasteiger partial charge in [0.25, 0.3) is 0 Å². The van der Waals surface area contributed by atoms with Crippen molar-refractivity contribution in [2.24, 2.45) is 0 Å². The van der Waals surface area contributed by atoms with Gasteiger partial charge in [0.1, 0.15) is 0 Å². The van der Waals surface area contributed by atoms with Crippen molar-refractivity contribution in [2.45, 2.75) is 46.5 Å². The Morgan fingerprint density at radius 2 is 1.69 bits per heavy atom. The molecule has 0 fully saturated rings. The molecular weight excluding hydrogens is 156 g/mol. The Balaban J connectivity index is 3.64. The molecule has 0 atom stereocenters. The van der Waals surface area contributed by atoms with Gasteiger partial charge in [0, 0.05) is 0 Å². The summed E-state index contributed by atoms with van der Waals surface area (Å²) in [7, 11) is 0. The van der Waals surface area contributed by atoms with E-state index in [4.69, 9.17) is 0 Å². The lowest BCUT2D eigenvalue weighted by atomic mass is 10.1. The minimum atomic E-state index is 1.10. The minimum Gasteiger partial charge on any atom is -0.103 e. The molecule has 74 valence electrons. The highest BCUT2D eigenvalue weighted by Crippen LogP contribution is 2.09. The number of hydrogen-bond acceptors (Lipinski definition) is 0. The van der Waals surface area contributed by atoms with E-state index in [1.54, 1.807) is 0 Å². The second-order valence-electron chi connectivity index (χ2n) is 3.55. The fourth-order valence-corrected chi connectivity index (χ4v) is 1.12. The third-order valence-electron chi connectivity index (χ3n) is 2.27. The van der Waals surface area contributed by atoms with Crippen molar-refractivity contribution in [2.75, 3.05) is 0 Å². The Bertz CT molecular complexity index is 194. The van der Waals surface area contributed by atoms with E-state index in [1.807, 2.05) is 6.08 Å². The SMILES string of the molecule is C=CCCC(C)=CCC/C(C)=C\C. The molecule has 0 N–H and O–H groups in total. The van der Waals surface area contributed by atoms with Gasteiger partial charge in [0.15, 0.2) is 0 Å².